The molecule has 0 unspecified atom stereocenters. The van der Waals surface area contributed by atoms with Gasteiger partial charge < -0.3 is 19.5 Å². The van der Waals surface area contributed by atoms with Crippen LogP contribution in [-0.2, 0) is 0 Å². The molecule has 1 atom stereocenters. The molecule has 5 nitrogen and oxygen atoms in total. The largest absolute Gasteiger partial charge is 0.497 e. The lowest BCUT2D eigenvalue weighted by Gasteiger charge is -2.18. The molecule has 0 fully saturated rings. The molecule has 0 spiro atoms. The average Bonchev–Trinajstić information content (AvgIpc) is 2.61. The van der Waals surface area contributed by atoms with Gasteiger partial charge in [-0.05, 0) is 63.2 Å². The molecule has 0 aliphatic rings. The molecule has 1 amide bonds. The van der Waals surface area contributed by atoms with Crippen molar-refractivity contribution < 1.29 is 19.0 Å². The molecule has 134 valence electrons. The summed E-state index contributed by atoms with van der Waals surface area (Å²) < 4.78 is 16.2. The number of nitrogens with one attached hydrogen (secondary N) is 1. The Bertz CT molecular complexity index is 710. The molecule has 0 saturated carbocycles. The fraction of sp³-hybridized carbons (Fsp3) is 0.350. The molecular formula is C20H25NO4. The van der Waals surface area contributed by atoms with E-state index in [0.29, 0.717) is 17.1 Å². The van der Waals surface area contributed by atoms with Crippen molar-refractivity contribution in [1.29, 1.82) is 0 Å². The first-order chi connectivity index (χ1) is 11.9. The summed E-state index contributed by atoms with van der Waals surface area (Å²) in [6, 6.07) is 12.4. The minimum absolute atomic E-state index is 0.0974. The van der Waals surface area contributed by atoms with Crippen LogP contribution in [0.1, 0.15) is 42.7 Å². The smallest absolute Gasteiger partial charge is 0.251 e. The van der Waals surface area contributed by atoms with E-state index in [1.807, 2.05) is 39.0 Å². The normalized spacial score (nSPS) is 11.8. The zero-order valence-electron chi connectivity index (χ0n) is 15.3. The number of ether oxygens (including phenoxy) is 3. The van der Waals surface area contributed by atoms with Gasteiger partial charge in [0.15, 0.2) is 0 Å². The Hall–Kier alpha value is -2.69. The van der Waals surface area contributed by atoms with Crippen LogP contribution in [0.2, 0.25) is 0 Å². The third-order valence-electron chi connectivity index (χ3n) is 3.74. The van der Waals surface area contributed by atoms with Gasteiger partial charge in [-0.25, -0.2) is 0 Å². The highest BCUT2D eigenvalue weighted by atomic mass is 16.5. The number of hydrogen-bond donors (Lipinski definition) is 1. The second kappa shape index (κ2) is 8.42. The van der Waals surface area contributed by atoms with Gasteiger partial charge in [-0.2, -0.15) is 0 Å². The summed E-state index contributed by atoms with van der Waals surface area (Å²) in [6.45, 7) is 5.83. The topological polar surface area (TPSA) is 56.8 Å². The molecule has 25 heavy (non-hydrogen) atoms. The first-order valence-electron chi connectivity index (χ1n) is 8.24. The van der Waals surface area contributed by atoms with Gasteiger partial charge in [-0.1, -0.05) is 0 Å². The lowest BCUT2D eigenvalue weighted by molar-refractivity contribution is 0.0939. The SMILES string of the molecule is COc1ccc(OC)c([C@H](C)NC(=O)c2ccc(OC(C)C)cc2)c1. The van der Waals surface area contributed by atoms with Gasteiger partial charge in [0.05, 0.1) is 26.4 Å². The summed E-state index contributed by atoms with van der Waals surface area (Å²) in [5.74, 6) is 2.00. The Morgan fingerprint density at radius 1 is 0.920 bits per heavy atom. The number of carbonyl (C=O) groups is 1. The molecular weight excluding hydrogens is 318 g/mol. The highest BCUT2D eigenvalue weighted by molar-refractivity contribution is 5.94. The van der Waals surface area contributed by atoms with Gasteiger partial charge in [-0.3, -0.25) is 4.79 Å². The minimum atomic E-state index is -0.232. The molecule has 0 aliphatic heterocycles. The summed E-state index contributed by atoms with van der Waals surface area (Å²) in [4.78, 5) is 12.5. The molecule has 0 aliphatic carbocycles. The van der Waals surface area contributed by atoms with E-state index in [2.05, 4.69) is 5.32 Å². The van der Waals surface area contributed by atoms with Gasteiger partial charge in [0, 0.05) is 11.1 Å². The van der Waals surface area contributed by atoms with Crippen molar-refractivity contribution >= 4 is 5.91 Å². The van der Waals surface area contributed by atoms with Crippen LogP contribution in [-0.4, -0.2) is 26.2 Å². The molecule has 2 aromatic rings. The molecule has 0 aromatic heterocycles. The van der Waals surface area contributed by atoms with E-state index in [4.69, 9.17) is 14.2 Å². The summed E-state index contributed by atoms with van der Waals surface area (Å²) >= 11 is 0. The standard InChI is InChI=1S/C20H25NO4/c1-13(2)25-16-8-6-15(7-9-16)20(22)21-14(3)18-12-17(23-4)10-11-19(18)24-5/h6-14H,1-5H3,(H,21,22)/t14-/m0/s1. The molecule has 0 bridgehead atoms. The number of amides is 1. The van der Waals surface area contributed by atoms with Gasteiger partial charge in [0.2, 0.25) is 0 Å². The minimum Gasteiger partial charge on any atom is -0.497 e. The van der Waals surface area contributed by atoms with Crippen molar-refractivity contribution in [3.63, 3.8) is 0 Å². The van der Waals surface area contributed by atoms with Crippen LogP contribution in [0.4, 0.5) is 0 Å². The maximum absolute atomic E-state index is 12.5. The first-order valence-corrected chi connectivity index (χ1v) is 8.24. The Balaban J connectivity index is 2.12. The van der Waals surface area contributed by atoms with Gasteiger partial charge in [0.25, 0.3) is 5.91 Å². The zero-order chi connectivity index (χ0) is 18.4. The van der Waals surface area contributed by atoms with Crippen LogP contribution in [0.15, 0.2) is 42.5 Å². The van der Waals surface area contributed by atoms with Crippen molar-refractivity contribution in [2.24, 2.45) is 0 Å². The highest BCUT2D eigenvalue weighted by Crippen LogP contribution is 2.29. The predicted molar refractivity (Wildman–Crippen MR) is 97.6 cm³/mol. The lowest BCUT2D eigenvalue weighted by atomic mass is 10.1. The Kier molecular flexibility index (Phi) is 6.28. The molecule has 0 radical (unpaired) electrons. The van der Waals surface area contributed by atoms with E-state index in [9.17, 15) is 4.79 Å². The van der Waals surface area contributed by atoms with Crippen molar-refractivity contribution in [3.8, 4) is 17.2 Å². The third-order valence-corrected chi connectivity index (χ3v) is 3.74. The summed E-state index contributed by atoms with van der Waals surface area (Å²) in [5, 5.41) is 2.98. The van der Waals surface area contributed by atoms with Gasteiger partial charge >= 0.3 is 0 Å². The van der Waals surface area contributed by atoms with E-state index < -0.39 is 0 Å². The van der Waals surface area contributed by atoms with E-state index in [1.54, 1.807) is 38.5 Å². The lowest BCUT2D eigenvalue weighted by Crippen LogP contribution is -2.27. The number of hydrogen-bond acceptors (Lipinski definition) is 4. The summed E-state index contributed by atoms with van der Waals surface area (Å²) in [6.07, 6.45) is 0.0974. The van der Waals surface area contributed by atoms with Crippen LogP contribution < -0.4 is 19.5 Å². The predicted octanol–water partition coefficient (Wildman–Crippen LogP) is 3.98. The van der Waals surface area contributed by atoms with E-state index in [1.165, 1.54) is 0 Å². The Morgan fingerprint density at radius 2 is 1.56 bits per heavy atom. The van der Waals surface area contributed by atoms with Crippen molar-refractivity contribution in [1.82, 2.24) is 5.32 Å². The Labute approximate surface area is 148 Å². The zero-order valence-corrected chi connectivity index (χ0v) is 15.3. The fourth-order valence-electron chi connectivity index (χ4n) is 2.49. The molecule has 0 heterocycles. The van der Waals surface area contributed by atoms with Crippen molar-refractivity contribution in [2.75, 3.05) is 14.2 Å². The molecule has 1 N–H and O–H groups in total. The van der Waals surface area contributed by atoms with Crippen LogP contribution >= 0.6 is 0 Å². The van der Waals surface area contributed by atoms with Crippen LogP contribution in [0.3, 0.4) is 0 Å². The van der Waals surface area contributed by atoms with Crippen LogP contribution in [0.25, 0.3) is 0 Å². The number of carbonyl (C=O) groups excluding carboxylic acids is 1. The second-order valence-electron chi connectivity index (χ2n) is 5.99. The van der Waals surface area contributed by atoms with Gasteiger partial charge in [-0.15, -0.1) is 0 Å². The quantitative estimate of drug-likeness (QED) is 0.826. The second-order valence-corrected chi connectivity index (χ2v) is 5.99. The molecule has 5 heteroatoms. The first kappa shape index (κ1) is 18.6. The van der Waals surface area contributed by atoms with Crippen molar-refractivity contribution in [3.05, 3.63) is 53.6 Å². The fourth-order valence-corrected chi connectivity index (χ4v) is 2.49. The highest BCUT2D eigenvalue weighted by Gasteiger charge is 2.16. The summed E-state index contributed by atoms with van der Waals surface area (Å²) in [5.41, 5.74) is 1.43. The number of methoxy groups -OCH3 is 2. The maximum Gasteiger partial charge on any atom is 0.251 e. The van der Waals surface area contributed by atoms with E-state index in [-0.39, 0.29) is 18.1 Å². The number of benzene rings is 2. The van der Waals surface area contributed by atoms with Crippen LogP contribution in [0, 0.1) is 0 Å². The third kappa shape index (κ3) is 4.89. The number of rotatable bonds is 7. The average molecular weight is 343 g/mol. The monoisotopic (exact) mass is 343 g/mol. The Morgan fingerprint density at radius 3 is 2.12 bits per heavy atom. The van der Waals surface area contributed by atoms with E-state index >= 15 is 0 Å². The molecule has 2 rings (SSSR count). The van der Waals surface area contributed by atoms with Crippen molar-refractivity contribution in [2.45, 2.75) is 32.9 Å². The molecule has 2 aromatic carbocycles. The maximum atomic E-state index is 12.5. The van der Waals surface area contributed by atoms with Crippen LogP contribution in [0.5, 0.6) is 17.2 Å². The summed E-state index contributed by atoms with van der Waals surface area (Å²) in [7, 11) is 3.21. The van der Waals surface area contributed by atoms with Gasteiger partial charge in [0.1, 0.15) is 17.2 Å². The van der Waals surface area contributed by atoms with E-state index in [0.717, 1.165) is 11.3 Å². The molecule has 0 saturated heterocycles.